The lowest BCUT2D eigenvalue weighted by molar-refractivity contribution is 0.577. The largest absolute Gasteiger partial charge is 0.461 e. The number of nitrogen functional groups attached to an aromatic ring is 1. The van der Waals surface area contributed by atoms with Crippen molar-refractivity contribution in [3.8, 4) is 11.6 Å². The van der Waals surface area contributed by atoms with Crippen molar-refractivity contribution in [1.82, 2.24) is 19.6 Å². The highest BCUT2D eigenvalue weighted by Crippen LogP contribution is 2.19. The first-order valence-electron chi connectivity index (χ1n) is 7.01. The van der Waals surface area contributed by atoms with Gasteiger partial charge in [-0.25, -0.2) is 14.5 Å². The lowest BCUT2D eigenvalue weighted by atomic mass is 10.2. The number of nitrogens with zero attached hydrogens (tertiary/aromatic N) is 4. The van der Waals surface area contributed by atoms with Crippen LogP contribution in [0.1, 0.15) is 31.9 Å². The van der Waals surface area contributed by atoms with Gasteiger partial charge in [-0.05, 0) is 24.6 Å². The van der Waals surface area contributed by atoms with Crippen molar-refractivity contribution in [2.24, 2.45) is 0 Å². The Kier molecular flexibility index (Phi) is 3.68. The Balaban J connectivity index is 1.94. The van der Waals surface area contributed by atoms with Crippen molar-refractivity contribution in [1.29, 1.82) is 0 Å². The van der Waals surface area contributed by atoms with E-state index in [2.05, 4.69) is 28.1 Å². The van der Waals surface area contributed by atoms with E-state index in [1.807, 2.05) is 18.3 Å². The van der Waals surface area contributed by atoms with Gasteiger partial charge in [0.1, 0.15) is 0 Å². The number of furan rings is 1. The van der Waals surface area contributed by atoms with Crippen LogP contribution >= 0.6 is 0 Å². The minimum absolute atomic E-state index is 0.359. The van der Waals surface area contributed by atoms with Crippen LogP contribution in [0.25, 0.3) is 23.3 Å². The van der Waals surface area contributed by atoms with Crippen LogP contribution in [0.5, 0.6) is 0 Å². The Labute approximate surface area is 122 Å². The third kappa shape index (κ3) is 2.79. The van der Waals surface area contributed by atoms with Gasteiger partial charge in [-0.2, -0.15) is 0 Å². The zero-order valence-corrected chi connectivity index (χ0v) is 11.9. The van der Waals surface area contributed by atoms with Gasteiger partial charge in [0.25, 0.3) is 0 Å². The molecule has 3 aromatic rings. The Morgan fingerprint density at radius 2 is 2.29 bits per heavy atom. The normalized spacial score (nSPS) is 11.7. The molecule has 21 heavy (non-hydrogen) atoms. The predicted molar refractivity (Wildman–Crippen MR) is 81.5 cm³/mol. The molecule has 3 aromatic heterocycles. The second-order valence-corrected chi connectivity index (χ2v) is 4.78. The summed E-state index contributed by atoms with van der Waals surface area (Å²) in [5.41, 5.74) is 7.26. The number of fused-ring (bicyclic) bond motifs is 1. The molecule has 6 heteroatoms. The van der Waals surface area contributed by atoms with Gasteiger partial charge in [-0.15, -0.1) is 5.10 Å². The van der Waals surface area contributed by atoms with Crippen LogP contribution in [0.2, 0.25) is 0 Å². The molecule has 2 N–H and O–H groups in total. The van der Waals surface area contributed by atoms with Crippen molar-refractivity contribution in [2.45, 2.75) is 26.2 Å². The summed E-state index contributed by atoms with van der Waals surface area (Å²) < 4.78 is 6.94. The van der Waals surface area contributed by atoms with Crippen LogP contribution in [0.15, 0.2) is 35.1 Å². The SMILES string of the molecule is CCCC/C=C/c1cn2nc(-c3ccco3)nc2c(N)n1. The van der Waals surface area contributed by atoms with Gasteiger partial charge in [0.2, 0.25) is 5.82 Å². The Hall–Kier alpha value is -2.63. The summed E-state index contributed by atoms with van der Waals surface area (Å²) >= 11 is 0. The summed E-state index contributed by atoms with van der Waals surface area (Å²) in [7, 11) is 0. The molecule has 0 aliphatic heterocycles. The minimum atomic E-state index is 0.359. The van der Waals surface area contributed by atoms with Crippen molar-refractivity contribution in [3.05, 3.63) is 36.4 Å². The van der Waals surface area contributed by atoms with Crippen LogP contribution in [-0.2, 0) is 0 Å². The molecule has 0 unspecified atom stereocenters. The molecule has 0 spiro atoms. The molecular weight excluding hydrogens is 266 g/mol. The van der Waals surface area contributed by atoms with E-state index < -0.39 is 0 Å². The van der Waals surface area contributed by atoms with Crippen molar-refractivity contribution < 1.29 is 4.42 Å². The number of nitrogens with two attached hydrogens (primary N) is 1. The van der Waals surface area contributed by atoms with E-state index in [1.165, 1.54) is 12.8 Å². The quantitative estimate of drug-likeness (QED) is 0.727. The monoisotopic (exact) mass is 283 g/mol. The maximum Gasteiger partial charge on any atom is 0.218 e. The topological polar surface area (TPSA) is 82.2 Å². The average molecular weight is 283 g/mol. The molecule has 0 saturated carbocycles. The fourth-order valence-corrected chi connectivity index (χ4v) is 2.05. The molecule has 3 heterocycles. The molecule has 0 aliphatic carbocycles. The zero-order valence-electron chi connectivity index (χ0n) is 11.9. The van der Waals surface area contributed by atoms with E-state index >= 15 is 0 Å². The van der Waals surface area contributed by atoms with Crippen LogP contribution in [0.3, 0.4) is 0 Å². The highest BCUT2D eigenvalue weighted by atomic mass is 16.3. The van der Waals surface area contributed by atoms with Gasteiger partial charge in [0.15, 0.2) is 17.2 Å². The highest BCUT2D eigenvalue weighted by Gasteiger charge is 2.12. The summed E-state index contributed by atoms with van der Waals surface area (Å²) in [6, 6.07) is 3.61. The van der Waals surface area contributed by atoms with Gasteiger partial charge in [-0.1, -0.05) is 25.8 Å². The average Bonchev–Trinajstić information content (AvgIpc) is 3.12. The molecule has 0 aromatic carbocycles. The zero-order chi connectivity index (χ0) is 14.7. The van der Waals surface area contributed by atoms with E-state index in [0.29, 0.717) is 23.0 Å². The summed E-state index contributed by atoms with van der Waals surface area (Å²) in [4.78, 5) is 8.68. The Morgan fingerprint density at radius 3 is 3.05 bits per heavy atom. The van der Waals surface area contributed by atoms with Gasteiger partial charge in [0, 0.05) is 0 Å². The Bertz CT molecular complexity index is 758. The molecule has 108 valence electrons. The number of unbranched alkanes of at least 4 members (excludes halogenated alkanes) is 2. The van der Waals surface area contributed by atoms with E-state index in [9.17, 15) is 0 Å². The van der Waals surface area contributed by atoms with Crippen LogP contribution in [0.4, 0.5) is 5.82 Å². The standard InChI is InChI=1S/C15H17N5O/c1-2-3-4-5-7-11-10-20-15(13(16)17-11)18-14(19-20)12-8-6-9-21-12/h5-10H,2-4H2,1H3,(H2,16,17)/b7-5+. The third-order valence-corrected chi connectivity index (χ3v) is 3.12. The predicted octanol–water partition coefficient (Wildman–Crippen LogP) is 3.17. The van der Waals surface area contributed by atoms with Crippen LogP contribution < -0.4 is 5.73 Å². The van der Waals surface area contributed by atoms with Gasteiger partial charge in [-0.3, -0.25) is 0 Å². The van der Waals surface area contributed by atoms with E-state index in [-0.39, 0.29) is 0 Å². The van der Waals surface area contributed by atoms with Gasteiger partial charge >= 0.3 is 0 Å². The number of aromatic nitrogens is 4. The molecule has 0 fully saturated rings. The van der Waals surface area contributed by atoms with Crippen LogP contribution in [-0.4, -0.2) is 19.6 Å². The van der Waals surface area contributed by atoms with Gasteiger partial charge < -0.3 is 10.2 Å². The fraction of sp³-hybridized carbons (Fsp3) is 0.267. The second-order valence-electron chi connectivity index (χ2n) is 4.78. The first-order chi connectivity index (χ1) is 10.3. The Morgan fingerprint density at radius 1 is 1.38 bits per heavy atom. The second kappa shape index (κ2) is 5.78. The number of hydrogen-bond donors (Lipinski definition) is 1. The molecule has 3 rings (SSSR count). The minimum Gasteiger partial charge on any atom is -0.461 e. The van der Waals surface area contributed by atoms with Crippen LogP contribution in [0, 0.1) is 0 Å². The highest BCUT2D eigenvalue weighted by molar-refractivity contribution is 5.65. The van der Waals surface area contributed by atoms with Crippen molar-refractivity contribution >= 4 is 17.5 Å². The lowest BCUT2D eigenvalue weighted by Gasteiger charge is -1.98. The van der Waals surface area contributed by atoms with E-state index in [0.717, 1.165) is 12.1 Å². The van der Waals surface area contributed by atoms with Gasteiger partial charge in [0.05, 0.1) is 18.2 Å². The fourth-order valence-electron chi connectivity index (χ4n) is 2.05. The summed E-state index contributed by atoms with van der Waals surface area (Å²) in [6.45, 7) is 2.17. The molecule has 0 aliphatic rings. The molecular formula is C15H17N5O. The van der Waals surface area contributed by atoms with Crippen molar-refractivity contribution in [3.63, 3.8) is 0 Å². The van der Waals surface area contributed by atoms with E-state index in [1.54, 1.807) is 16.8 Å². The first-order valence-corrected chi connectivity index (χ1v) is 7.01. The molecule has 0 radical (unpaired) electrons. The molecule has 0 amide bonds. The molecule has 0 bridgehead atoms. The molecule has 0 saturated heterocycles. The maximum absolute atomic E-state index is 5.96. The summed E-state index contributed by atoms with van der Waals surface area (Å²) in [5.74, 6) is 1.47. The lowest BCUT2D eigenvalue weighted by Crippen LogP contribution is -1.99. The number of anilines is 1. The third-order valence-electron chi connectivity index (χ3n) is 3.12. The summed E-state index contributed by atoms with van der Waals surface area (Å²) in [5, 5.41) is 4.38. The smallest absolute Gasteiger partial charge is 0.218 e. The molecule has 6 nitrogen and oxygen atoms in total. The number of allylic oxidation sites excluding steroid dienone is 1. The maximum atomic E-state index is 5.96. The summed E-state index contributed by atoms with van der Waals surface area (Å²) in [6.07, 6.45) is 10.8. The van der Waals surface area contributed by atoms with Crippen molar-refractivity contribution in [2.75, 3.05) is 5.73 Å². The molecule has 0 atom stereocenters. The van der Waals surface area contributed by atoms with E-state index in [4.69, 9.17) is 10.2 Å². The number of hydrogen-bond acceptors (Lipinski definition) is 5. The first kappa shape index (κ1) is 13.4. The number of rotatable bonds is 5.